The van der Waals surface area contributed by atoms with Crippen LogP contribution in [0.25, 0.3) is 0 Å². The molecule has 3 heterocycles. The second kappa shape index (κ2) is 8.25. The van der Waals surface area contributed by atoms with Gasteiger partial charge < -0.3 is 25.4 Å². The molecule has 0 bridgehead atoms. The Morgan fingerprint density at radius 1 is 1.31 bits per heavy atom. The lowest BCUT2D eigenvalue weighted by Gasteiger charge is -2.32. The maximum atomic E-state index is 12.9. The maximum absolute atomic E-state index is 12.9. The van der Waals surface area contributed by atoms with Crippen molar-refractivity contribution in [1.82, 2.24) is 5.16 Å². The third-order valence-corrected chi connectivity index (χ3v) is 7.32. The number of rotatable bonds is 6. The highest BCUT2D eigenvalue weighted by atomic mass is 32.1. The van der Waals surface area contributed by atoms with Crippen LogP contribution in [-0.2, 0) is 24.2 Å². The fourth-order valence-electron chi connectivity index (χ4n) is 4.45. The number of thiophene rings is 1. The first-order valence-electron chi connectivity index (χ1n) is 10.3. The summed E-state index contributed by atoms with van der Waals surface area (Å²) in [5.41, 5.74) is 8.15. The van der Waals surface area contributed by atoms with Crippen LogP contribution < -0.4 is 20.9 Å². The number of nitrogens with two attached hydrogens (primary N) is 1. The van der Waals surface area contributed by atoms with Crippen LogP contribution >= 0.6 is 11.3 Å². The zero-order valence-corrected chi connectivity index (χ0v) is 17.8. The van der Waals surface area contributed by atoms with Crippen molar-refractivity contribution in [2.75, 3.05) is 31.5 Å². The summed E-state index contributed by atoms with van der Waals surface area (Å²) in [4.78, 5) is 28.7. The van der Waals surface area contributed by atoms with Crippen molar-refractivity contribution in [3.63, 3.8) is 0 Å². The highest BCUT2D eigenvalue weighted by Crippen LogP contribution is 2.38. The van der Waals surface area contributed by atoms with Crippen molar-refractivity contribution in [3.05, 3.63) is 33.5 Å². The molecule has 4 rings (SSSR count). The fourth-order valence-corrected chi connectivity index (χ4v) is 5.75. The summed E-state index contributed by atoms with van der Waals surface area (Å²) in [6.45, 7) is 8.53. The van der Waals surface area contributed by atoms with E-state index in [2.05, 4.69) is 10.5 Å². The molecule has 1 fully saturated rings. The number of aromatic nitrogens is 1. The van der Waals surface area contributed by atoms with Gasteiger partial charge in [-0.2, -0.15) is 0 Å². The molecule has 5 N–H and O–H groups in total. The van der Waals surface area contributed by atoms with E-state index in [1.54, 1.807) is 0 Å². The van der Waals surface area contributed by atoms with Gasteiger partial charge in [0.1, 0.15) is 49.2 Å². The van der Waals surface area contributed by atoms with Crippen molar-refractivity contribution in [2.24, 2.45) is 5.73 Å². The molecule has 9 heteroatoms. The van der Waals surface area contributed by atoms with Crippen LogP contribution in [0.4, 0.5) is 5.00 Å². The van der Waals surface area contributed by atoms with Gasteiger partial charge in [0.2, 0.25) is 0 Å². The lowest BCUT2D eigenvalue weighted by Crippen LogP contribution is -3.29. The Labute approximate surface area is 174 Å². The highest BCUT2D eigenvalue weighted by Gasteiger charge is 2.33. The lowest BCUT2D eigenvalue weighted by atomic mass is 10.1. The van der Waals surface area contributed by atoms with E-state index in [1.807, 2.05) is 19.9 Å². The number of hydrogen-bond donors (Lipinski definition) is 4. The number of aryl methyl sites for hydroxylation is 2. The quantitative estimate of drug-likeness (QED) is 0.479. The third-order valence-electron chi connectivity index (χ3n) is 6.12. The van der Waals surface area contributed by atoms with Crippen molar-refractivity contribution in [1.29, 1.82) is 0 Å². The standard InChI is InChI=1S/C20H27N5O3S/c1-12-10-14(23-28-12)11-24-6-8-25(9-7-24)13(2)19(27)22-20-17(18(21)26)15-4-3-5-16(15)29-20/h10,13H,3-9,11H2,1-2H3,(H2,21,26)(H,22,27)/p+2/t13-/m0/s1. The smallest absolute Gasteiger partial charge is 0.283 e. The van der Waals surface area contributed by atoms with Gasteiger partial charge in [0.25, 0.3) is 11.8 Å². The van der Waals surface area contributed by atoms with Crippen LogP contribution in [-0.4, -0.2) is 49.2 Å². The topological polar surface area (TPSA) is 107 Å². The van der Waals surface area contributed by atoms with Crippen LogP contribution in [0.2, 0.25) is 0 Å². The van der Waals surface area contributed by atoms with Gasteiger partial charge in [-0.05, 0) is 38.7 Å². The van der Waals surface area contributed by atoms with Crippen LogP contribution in [0.15, 0.2) is 10.6 Å². The van der Waals surface area contributed by atoms with E-state index >= 15 is 0 Å². The summed E-state index contributed by atoms with van der Waals surface area (Å²) in [5.74, 6) is 0.349. The van der Waals surface area contributed by atoms with Crippen molar-refractivity contribution < 1.29 is 23.9 Å². The number of nitrogens with zero attached hydrogens (tertiary/aromatic N) is 1. The van der Waals surface area contributed by atoms with E-state index in [1.165, 1.54) is 26.0 Å². The SMILES string of the molecule is Cc1cc(C[NH+]2CC[NH+]([C@@H](C)C(=O)Nc3sc4c(c3C(N)=O)CCC4)CC2)no1. The first-order valence-corrected chi connectivity index (χ1v) is 11.1. The molecule has 2 aliphatic rings. The second-order valence-electron chi connectivity index (χ2n) is 8.15. The molecule has 2 aromatic rings. The molecule has 0 aromatic carbocycles. The monoisotopic (exact) mass is 419 g/mol. The summed E-state index contributed by atoms with van der Waals surface area (Å²) >= 11 is 1.51. The van der Waals surface area contributed by atoms with Gasteiger partial charge in [-0.3, -0.25) is 9.59 Å². The van der Waals surface area contributed by atoms with Crippen molar-refractivity contribution >= 4 is 28.2 Å². The maximum Gasteiger partial charge on any atom is 0.283 e. The number of carbonyl (C=O) groups is 2. The Kier molecular flexibility index (Phi) is 5.71. The molecule has 8 nitrogen and oxygen atoms in total. The molecule has 156 valence electrons. The third kappa shape index (κ3) is 4.22. The van der Waals surface area contributed by atoms with Gasteiger partial charge in [-0.15, -0.1) is 11.3 Å². The lowest BCUT2D eigenvalue weighted by molar-refractivity contribution is -1.02. The molecule has 2 amide bonds. The van der Waals surface area contributed by atoms with Crippen LogP contribution in [0.3, 0.4) is 0 Å². The van der Waals surface area contributed by atoms with Crippen LogP contribution in [0.1, 0.15) is 45.6 Å². The number of carbonyl (C=O) groups excluding carboxylic acids is 2. The molecule has 0 unspecified atom stereocenters. The predicted molar refractivity (Wildman–Crippen MR) is 109 cm³/mol. The average molecular weight is 420 g/mol. The van der Waals surface area contributed by atoms with E-state index in [9.17, 15) is 9.59 Å². The number of quaternary nitrogens is 2. The summed E-state index contributed by atoms with van der Waals surface area (Å²) < 4.78 is 5.15. The molecule has 1 aliphatic carbocycles. The first kappa shape index (κ1) is 20.1. The van der Waals surface area contributed by atoms with E-state index in [0.717, 1.165) is 69.0 Å². The number of nitrogens with one attached hydrogen (secondary N) is 3. The normalized spacial score (nSPS) is 22.3. The molecule has 1 saturated heterocycles. The van der Waals surface area contributed by atoms with Gasteiger partial charge >= 0.3 is 0 Å². The highest BCUT2D eigenvalue weighted by molar-refractivity contribution is 7.17. The zero-order valence-electron chi connectivity index (χ0n) is 17.0. The van der Waals surface area contributed by atoms with E-state index in [0.29, 0.717) is 10.6 Å². The fraction of sp³-hybridized carbons (Fsp3) is 0.550. The number of fused-ring (bicyclic) bond motifs is 1. The van der Waals surface area contributed by atoms with Gasteiger partial charge in [0.05, 0.1) is 5.56 Å². The predicted octanol–water partition coefficient (Wildman–Crippen LogP) is -1.06. The molecular formula is C20H29N5O3S+2. The van der Waals surface area contributed by atoms with Crippen molar-refractivity contribution in [3.8, 4) is 0 Å². The summed E-state index contributed by atoms with van der Waals surface area (Å²) in [6, 6.07) is 1.81. The zero-order chi connectivity index (χ0) is 20.5. The molecule has 0 saturated carbocycles. The number of amides is 2. The minimum atomic E-state index is -0.444. The number of anilines is 1. The molecule has 29 heavy (non-hydrogen) atoms. The number of piperazine rings is 1. The second-order valence-corrected chi connectivity index (χ2v) is 9.26. The summed E-state index contributed by atoms with van der Waals surface area (Å²) in [6.07, 6.45) is 2.89. The van der Waals surface area contributed by atoms with E-state index in [4.69, 9.17) is 10.3 Å². The van der Waals surface area contributed by atoms with E-state index < -0.39 is 5.91 Å². The Balaban J connectivity index is 1.34. The van der Waals surface area contributed by atoms with Crippen LogP contribution in [0, 0.1) is 6.92 Å². The first-order chi connectivity index (χ1) is 13.9. The minimum absolute atomic E-state index is 0.0435. The minimum Gasteiger partial charge on any atom is -0.365 e. The van der Waals surface area contributed by atoms with Crippen molar-refractivity contribution in [2.45, 2.75) is 45.7 Å². The molecular weight excluding hydrogens is 390 g/mol. The largest absolute Gasteiger partial charge is 0.365 e. The van der Waals surface area contributed by atoms with Gasteiger partial charge in [-0.25, -0.2) is 0 Å². The van der Waals surface area contributed by atoms with E-state index in [-0.39, 0.29) is 11.9 Å². The molecule has 1 atom stereocenters. The number of primary amides is 1. The number of hydrogen-bond acceptors (Lipinski definition) is 5. The summed E-state index contributed by atoms with van der Waals surface area (Å²) in [7, 11) is 0. The van der Waals surface area contributed by atoms with Gasteiger partial charge in [0.15, 0.2) is 6.04 Å². The Hall–Kier alpha value is -2.23. The molecule has 0 spiro atoms. The van der Waals surface area contributed by atoms with Gasteiger partial charge in [-0.1, -0.05) is 5.16 Å². The summed E-state index contributed by atoms with van der Waals surface area (Å²) in [5, 5.41) is 7.71. The Bertz CT molecular complexity index is 913. The molecule has 1 aliphatic heterocycles. The molecule has 2 aromatic heterocycles. The molecule has 0 radical (unpaired) electrons. The average Bonchev–Trinajstić information content (AvgIpc) is 3.37. The Morgan fingerprint density at radius 2 is 2.07 bits per heavy atom. The Morgan fingerprint density at radius 3 is 2.72 bits per heavy atom. The van der Waals surface area contributed by atoms with Gasteiger partial charge in [0, 0.05) is 10.9 Å². The van der Waals surface area contributed by atoms with Crippen LogP contribution in [0.5, 0.6) is 0 Å².